The number of nitrogens with zero attached hydrogens (tertiary/aromatic N) is 4. The summed E-state index contributed by atoms with van der Waals surface area (Å²) < 4.78 is 43.5. The highest BCUT2D eigenvalue weighted by Crippen LogP contribution is 2.57. The lowest BCUT2D eigenvalue weighted by atomic mass is 9.59. The van der Waals surface area contributed by atoms with Gasteiger partial charge < -0.3 is 14.7 Å². The van der Waals surface area contributed by atoms with Crippen LogP contribution in [0.15, 0.2) is 64.8 Å². The zero-order chi connectivity index (χ0) is 35.9. The Hall–Kier alpha value is -5.87. The predicted molar refractivity (Wildman–Crippen MR) is 163 cm³/mol. The van der Waals surface area contributed by atoms with Gasteiger partial charge in [0.1, 0.15) is 11.5 Å². The number of Topliss-reactive ketones (excluding diaryl/α,β-unsaturated/α-hetero) is 1. The molecule has 17 heteroatoms. The van der Waals surface area contributed by atoms with Gasteiger partial charge in [0.15, 0.2) is 17.3 Å². The van der Waals surface area contributed by atoms with Crippen LogP contribution in [0.2, 0.25) is 0 Å². The Morgan fingerprint density at radius 2 is 1.61 bits per heavy atom. The van der Waals surface area contributed by atoms with Gasteiger partial charge in [-0.2, -0.15) is 0 Å². The van der Waals surface area contributed by atoms with Gasteiger partial charge in [0.05, 0.1) is 27.4 Å². The summed E-state index contributed by atoms with van der Waals surface area (Å²) in [5.41, 5.74) is -2.25. The second kappa shape index (κ2) is 11.4. The summed E-state index contributed by atoms with van der Waals surface area (Å²) in [6.07, 6.45) is -2.84. The Morgan fingerprint density at radius 3 is 2.18 bits per heavy atom. The number of aromatic hydroxyl groups is 1. The molecule has 1 N–H and O–H groups in total. The van der Waals surface area contributed by atoms with Crippen molar-refractivity contribution in [3.63, 3.8) is 0 Å². The number of amides is 2. The lowest BCUT2D eigenvalue weighted by Gasteiger charge is -2.42. The summed E-state index contributed by atoms with van der Waals surface area (Å²) in [4.78, 5) is 79.0. The lowest BCUT2D eigenvalue weighted by Crippen LogP contribution is -2.39. The van der Waals surface area contributed by atoms with Crippen molar-refractivity contribution in [2.45, 2.75) is 32.0 Å². The third-order valence-corrected chi connectivity index (χ3v) is 9.26. The number of carbonyl (C=O) groups is 4. The number of phenols is 1. The van der Waals surface area contributed by atoms with E-state index in [9.17, 15) is 57.7 Å². The topological polar surface area (TPSA) is 190 Å². The highest BCUT2D eigenvalue weighted by atomic mass is 19.4. The zero-order valence-electron chi connectivity index (χ0n) is 25.8. The Labute approximate surface area is 274 Å². The van der Waals surface area contributed by atoms with E-state index < -0.39 is 91.8 Å². The number of alkyl halides is 3. The maximum absolute atomic E-state index is 14.2. The number of hydrogen-bond acceptors (Lipinski definition) is 11. The van der Waals surface area contributed by atoms with Crippen molar-refractivity contribution < 1.29 is 52.0 Å². The first-order valence-corrected chi connectivity index (χ1v) is 14.7. The van der Waals surface area contributed by atoms with Crippen LogP contribution in [0, 0.1) is 38.0 Å². The standard InChI is InChI=1S/C32H25F3N4O10/c1-13-8-24(41)27-20(29(13)42)12-18-16(25(27)19-11-15(4-7-23(19)40)49-32(33,34)35)5-6-17-26(18)31(44)37(30(17)43)14-9-21(38(45)46)28(36(2)3)22(10-14)39(47)48/h4-5,7-11,17-18,25-26,40H,6,12H2,1-3H3. The minimum Gasteiger partial charge on any atom is -0.508 e. The molecule has 2 aromatic carbocycles. The summed E-state index contributed by atoms with van der Waals surface area (Å²) >= 11 is 0. The van der Waals surface area contributed by atoms with Crippen molar-refractivity contribution >= 4 is 46.1 Å². The van der Waals surface area contributed by atoms with E-state index in [4.69, 9.17) is 0 Å². The van der Waals surface area contributed by atoms with E-state index in [1.807, 2.05) is 0 Å². The summed E-state index contributed by atoms with van der Waals surface area (Å²) in [6.45, 7) is 1.40. The molecule has 1 fully saturated rings. The number of phenolic OH excluding ortho intramolecular Hbond substituents is 1. The van der Waals surface area contributed by atoms with Gasteiger partial charge in [-0.15, -0.1) is 13.2 Å². The summed E-state index contributed by atoms with van der Waals surface area (Å²) in [5.74, 6) is -8.77. The molecule has 6 rings (SSSR count). The van der Waals surface area contributed by atoms with Crippen molar-refractivity contribution in [1.29, 1.82) is 0 Å². The van der Waals surface area contributed by atoms with Gasteiger partial charge in [-0.25, -0.2) is 4.90 Å². The van der Waals surface area contributed by atoms with Crippen LogP contribution in [-0.2, 0) is 19.2 Å². The summed E-state index contributed by atoms with van der Waals surface area (Å²) in [5, 5.41) is 34.9. The molecule has 4 unspecified atom stereocenters. The monoisotopic (exact) mass is 682 g/mol. The SMILES string of the molecule is CC1=CC(=O)C2=C(CC3C(=CCC4C(=O)N(c5cc([N+](=O)[O-])c(N(C)C)c([N+](=O)[O-])c5)C(=O)C43)C2c2cc(OC(F)(F)F)ccc2O)C1=O. The Kier molecular flexibility index (Phi) is 7.68. The molecule has 0 aromatic heterocycles. The fourth-order valence-electron chi connectivity index (χ4n) is 7.41. The third-order valence-electron chi connectivity index (χ3n) is 9.26. The van der Waals surface area contributed by atoms with E-state index in [-0.39, 0.29) is 46.4 Å². The Bertz CT molecular complexity index is 1980. The highest BCUT2D eigenvalue weighted by Gasteiger charge is 2.57. The summed E-state index contributed by atoms with van der Waals surface area (Å²) in [6, 6.07) is 4.45. The van der Waals surface area contributed by atoms with Crippen molar-refractivity contribution in [2.75, 3.05) is 23.9 Å². The van der Waals surface area contributed by atoms with E-state index in [2.05, 4.69) is 4.74 Å². The second-order valence-corrected chi connectivity index (χ2v) is 12.3. The van der Waals surface area contributed by atoms with Crippen molar-refractivity contribution in [2.24, 2.45) is 17.8 Å². The maximum atomic E-state index is 14.2. The first-order chi connectivity index (χ1) is 22.9. The van der Waals surface area contributed by atoms with Crippen LogP contribution in [0.25, 0.3) is 0 Å². The molecule has 254 valence electrons. The van der Waals surface area contributed by atoms with Crippen molar-refractivity contribution in [3.8, 4) is 11.5 Å². The molecule has 2 amide bonds. The minimum atomic E-state index is -5.10. The van der Waals surface area contributed by atoms with Gasteiger partial charge in [0.2, 0.25) is 11.8 Å². The quantitative estimate of drug-likeness (QED) is 0.145. The molecule has 1 aliphatic heterocycles. The van der Waals surface area contributed by atoms with Crippen molar-refractivity contribution in [1.82, 2.24) is 0 Å². The lowest BCUT2D eigenvalue weighted by molar-refractivity contribution is -0.392. The predicted octanol–water partition coefficient (Wildman–Crippen LogP) is 4.81. The number of fused-ring (bicyclic) bond motifs is 3. The number of hydrogen-bond donors (Lipinski definition) is 1. The number of halogens is 3. The number of ketones is 2. The average Bonchev–Trinajstić information content (AvgIpc) is 3.27. The molecular weight excluding hydrogens is 657 g/mol. The number of allylic oxidation sites excluding steroid dienone is 6. The second-order valence-electron chi connectivity index (χ2n) is 12.3. The van der Waals surface area contributed by atoms with Crippen LogP contribution in [0.1, 0.15) is 31.2 Å². The number of carbonyl (C=O) groups excluding carboxylic acids is 4. The van der Waals surface area contributed by atoms with Gasteiger partial charge in [0.25, 0.3) is 0 Å². The van der Waals surface area contributed by atoms with E-state index >= 15 is 0 Å². The van der Waals surface area contributed by atoms with Crippen LogP contribution in [-0.4, -0.2) is 58.8 Å². The smallest absolute Gasteiger partial charge is 0.508 e. The molecule has 0 saturated carbocycles. The number of benzene rings is 2. The first kappa shape index (κ1) is 33.0. The molecule has 3 aliphatic carbocycles. The molecule has 0 radical (unpaired) electrons. The van der Waals surface area contributed by atoms with E-state index in [0.29, 0.717) is 4.90 Å². The van der Waals surface area contributed by atoms with Gasteiger partial charge >= 0.3 is 17.7 Å². The number of anilines is 2. The zero-order valence-corrected chi connectivity index (χ0v) is 25.8. The van der Waals surface area contributed by atoms with Gasteiger partial charge in [-0.1, -0.05) is 11.6 Å². The van der Waals surface area contributed by atoms with Crippen LogP contribution in [0.4, 0.5) is 35.9 Å². The summed E-state index contributed by atoms with van der Waals surface area (Å²) in [7, 11) is 2.70. The number of nitro benzene ring substituents is 2. The Morgan fingerprint density at radius 1 is 0.980 bits per heavy atom. The maximum Gasteiger partial charge on any atom is 0.573 e. The van der Waals surface area contributed by atoms with Gasteiger partial charge in [0, 0.05) is 54.4 Å². The van der Waals surface area contributed by atoms with E-state index in [1.165, 1.54) is 27.1 Å². The third kappa shape index (κ3) is 5.30. The fraction of sp³-hybridized carbons (Fsp3) is 0.312. The van der Waals surface area contributed by atoms with Crippen LogP contribution >= 0.6 is 0 Å². The van der Waals surface area contributed by atoms with Gasteiger partial charge in [-0.3, -0.25) is 39.4 Å². The first-order valence-electron chi connectivity index (χ1n) is 14.7. The largest absolute Gasteiger partial charge is 0.573 e. The normalized spacial score (nSPS) is 23.4. The molecule has 14 nitrogen and oxygen atoms in total. The Balaban J connectivity index is 1.50. The molecule has 0 bridgehead atoms. The number of rotatable bonds is 6. The van der Waals surface area contributed by atoms with E-state index in [1.54, 1.807) is 0 Å². The molecule has 4 atom stereocenters. The number of imide groups is 1. The van der Waals surface area contributed by atoms with Crippen LogP contribution in [0.3, 0.4) is 0 Å². The molecular formula is C32H25F3N4O10. The molecule has 4 aliphatic rings. The molecule has 2 aromatic rings. The number of nitro groups is 2. The van der Waals surface area contributed by atoms with Crippen LogP contribution < -0.4 is 14.5 Å². The molecule has 1 heterocycles. The van der Waals surface area contributed by atoms with Crippen molar-refractivity contribution in [3.05, 3.63) is 90.6 Å². The fourth-order valence-corrected chi connectivity index (χ4v) is 7.41. The van der Waals surface area contributed by atoms with E-state index in [0.717, 1.165) is 41.3 Å². The molecule has 0 spiro atoms. The minimum absolute atomic E-state index is 0.0420. The molecule has 49 heavy (non-hydrogen) atoms. The van der Waals surface area contributed by atoms with Crippen LogP contribution in [0.5, 0.6) is 11.5 Å². The number of ether oxygens (including phenoxy) is 1. The average molecular weight is 683 g/mol. The highest BCUT2D eigenvalue weighted by molar-refractivity contribution is 6.25. The molecule has 1 saturated heterocycles. The van der Waals surface area contributed by atoms with Gasteiger partial charge in [-0.05, 0) is 50.0 Å².